The fraction of sp³-hybridized carbons (Fsp3) is 0.933. The van der Waals surface area contributed by atoms with Gasteiger partial charge in [0, 0.05) is 32.1 Å². The van der Waals surface area contributed by atoms with Crippen LogP contribution >= 0.6 is 0 Å². The highest BCUT2D eigenvalue weighted by atomic mass is 32.2. The summed E-state index contributed by atoms with van der Waals surface area (Å²) in [6.45, 7) is 8.35. The average molecular weight is 315 g/mol. The smallest absolute Gasteiger partial charge is 0.214 e. The highest BCUT2D eigenvalue weighted by molar-refractivity contribution is 7.89. The topological polar surface area (TPSA) is 73.2 Å². The number of nitrogens with zero attached hydrogens (tertiary/aromatic N) is 2. The lowest BCUT2D eigenvalue weighted by Gasteiger charge is -2.34. The molecule has 1 rings (SSSR count). The number of nitriles is 1. The fourth-order valence-corrected chi connectivity index (χ4v) is 4.17. The van der Waals surface area contributed by atoms with E-state index in [1.807, 2.05) is 6.92 Å². The standard InChI is InChI=1S/C15H29N3O2S/c1-4-12-21(19,20)18-10-6-14(7-11-18)17-13-15(2,3)8-5-9-16/h14,17H,4-8,10-13H2,1-3H3. The second kappa shape index (κ2) is 8.11. The first kappa shape index (κ1) is 18.4. The van der Waals surface area contributed by atoms with Crippen LogP contribution in [0.1, 0.15) is 52.9 Å². The molecule has 0 bridgehead atoms. The molecule has 0 radical (unpaired) electrons. The van der Waals surface area contributed by atoms with Crippen LogP contribution in [0.4, 0.5) is 0 Å². The summed E-state index contributed by atoms with van der Waals surface area (Å²) in [7, 11) is -3.04. The molecule has 6 heteroatoms. The van der Waals surface area contributed by atoms with Crippen molar-refractivity contribution in [1.82, 2.24) is 9.62 Å². The molecule has 21 heavy (non-hydrogen) atoms. The molecule has 0 amide bonds. The van der Waals surface area contributed by atoms with Gasteiger partial charge < -0.3 is 5.32 Å². The maximum atomic E-state index is 12.0. The predicted molar refractivity (Wildman–Crippen MR) is 85.3 cm³/mol. The highest BCUT2D eigenvalue weighted by Crippen LogP contribution is 2.22. The third-order valence-electron chi connectivity index (χ3n) is 4.09. The number of hydrogen-bond acceptors (Lipinski definition) is 4. The van der Waals surface area contributed by atoms with E-state index < -0.39 is 10.0 Å². The van der Waals surface area contributed by atoms with E-state index in [1.165, 1.54) is 0 Å². The zero-order valence-electron chi connectivity index (χ0n) is 13.6. The molecule has 1 N–H and O–H groups in total. The van der Waals surface area contributed by atoms with Crippen molar-refractivity contribution in [2.45, 2.75) is 58.9 Å². The van der Waals surface area contributed by atoms with Gasteiger partial charge in [0.2, 0.25) is 10.0 Å². The van der Waals surface area contributed by atoms with Crippen LogP contribution in [0.25, 0.3) is 0 Å². The molecule has 1 heterocycles. The normalized spacial score (nSPS) is 18.6. The molecular weight excluding hydrogens is 286 g/mol. The first-order valence-electron chi connectivity index (χ1n) is 7.89. The minimum atomic E-state index is -3.04. The van der Waals surface area contributed by atoms with E-state index in [4.69, 9.17) is 5.26 Å². The van der Waals surface area contributed by atoms with Gasteiger partial charge in [-0.3, -0.25) is 0 Å². The molecule has 0 aliphatic carbocycles. The first-order chi connectivity index (χ1) is 9.80. The number of sulfonamides is 1. The average Bonchev–Trinajstić information content (AvgIpc) is 2.44. The number of nitrogens with one attached hydrogen (secondary N) is 1. The van der Waals surface area contributed by atoms with Crippen LogP contribution in [-0.4, -0.2) is 44.2 Å². The summed E-state index contributed by atoms with van der Waals surface area (Å²) in [5.41, 5.74) is 0.112. The van der Waals surface area contributed by atoms with Crippen LogP contribution in [0.5, 0.6) is 0 Å². The van der Waals surface area contributed by atoms with Gasteiger partial charge in [0.1, 0.15) is 0 Å². The Kier molecular flexibility index (Phi) is 7.11. The Labute approximate surface area is 129 Å². The van der Waals surface area contributed by atoms with Crippen molar-refractivity contribution < 1.29 is 8.42 Å². The molecule has 122 valence electrons. The van der Waals surface area contributed by atoms with Crippen LogP contribution in [0.15, 0.2) is 0 Å². The molecule has 0 atom stereocenters. The van der Waals surface area contributed by atoms with E-state index in [0.717, 1.165) is 25.8 Å². The van der Waals surface area contributed by atoms with Gasteiger partial charge in [-0.15, -0.1) is 0 Å². The van der Waals surface area contributed by atoms with E-state index in [-0.39, 0.29) is 11.2 Å². The van der Waals surface area contributed by atoms with Gasteiger partial charge in [-0.05, 0) is 31.1 Å². The molecule has 0 aromatic heterocycles. The fourth-order valence-electron chi connectivity index (χ4n) is 2.63. The molecule has 1 aliphatic rings. The third-order valence-corrected chi connectivity index (χ3v) is 6.17. The lowest BCUT2D eigenvalue weighted by atomic mass is 9.87. The summed E-state index contributed by atoms with van der Waals surface area (Å²) >= 11 is 0. The molecule has 1 saturated heterocycles. The zero-order chi connectivity index (χ0) is 15.9. The quantitative estimate of drug-likeness (QED) is 0.744. The van der Waals surface area contributed by atoms with Crippen LogP contribution < -0.4 is 5.32 Å². The van der Waals surface area contributed by atoms with Crippen LogP contribution in [-0.2, 0) is 10.0 Å². The number of piperidine rings is 1. The Morgan fingerprint density at radius 1 is 1.33 bits per heavy atom. The number of hydrogen-bond donors (Lipinski definition) is 1. The van der Waals surface area contributed by atoms with E-state index in [2.05, 4.69) is 25.2 Å². The number of rotatable bonds is 8. The lowest BCUT2D eigenvalue weighted by molar-refractivity contribution is 0.248. The van der Waals surface area contributed by atoms with Crippen LogP contribution in [0.3, 0.4) is 0 Å². The van der Waals surface area contributed by atoms with Crippen molar-refractivity contribution in [3.63, 3.8) is 0 Å². The van der Waals surface area contributed by atoms with Gasteiger partial charge >= 0.3 is 0 Å². The summed E-state index contributed by atoms with van der Waals surface area (Å²) < 4.78 is 25.6. The minimum Gasteiger partial charge on any atom is -0.313 e. The molecule has 0 saturated carbocycles. The zero-order valence-corrected chi connectivity index (χ0v) is 14.4. The van der Waals surface area contributed by atoms with Gasteiger partial charge in [0.15, 0.2) is 0 Å². The van der Waals surface area contributed by atoms with Gasteiger partial charge in [0.05, 0.1) is 11.8 Å². The maximum absolute atomic E-state index is 12.0. The van der Waals surface area contributed by atoms with Crippen molar-refractivity contribution in [3.05, 3.63) is 0 Å². The van der Waals surface area contributed by atoms with E-state index >= 15 is 0 Å². The summed E-state index contributed by atoms with van der Waals surface area (Å²) in [4.78, 5) is 0. The lowest BCUT2D eigenvalue weighted by Crippen LogP contribution is -2.47. The first-order valence-corrected chi connectivity index (χ1v) is 9.50. The Hall–Kier alpha value is -0.640. The Bertz CT molecular complexity index is 446. The summed E-state index contributed by atoms with van der Waals surface area (Å²) in [6.07, 6.45) is 3.89. The van der Waals surface area contributed by atoms with Crippen molar-refractivity contribution in [2.24, 2.45) is 5.41 Å². The Morgan fingerprint density at radius 3 is 2.48 bits per heavy atom. The van der Waals surface area contributed by atoms with Crippen LogP contribution in [0.2, 0.25) is 0 Å². The minimum absolute atomic E-state index is 0.112. The van der Waals surface area contributed by atoms with Crippen molar-refractivity contribution >= 4 is 10.0 Å². The van der Waals surface area contributed by atoms with E-state index in [9.17, 15) is 8.42 Å². The van der Waals surface area contributed by atoms with E-state index in [0.29, 0.717) is 32.0 Å². The molecule has 1 fully saturated rings. The second-order valence-corrected chi connectivity index (χ2v) is 8.78. The van der Waals surface area contributed by atoms with Crippen LogP contribution in [0, 0.1) is 16.7 Å². The van der Waals surface area contributed by atoms with Gasteiger partial charge in [0.25, 0.3) is 0 Å². The van der Waals surface area contributed by atoms with Crippen molar-refractivity contribution in [3.8, 4) is 6.07 Å². The summed E-state index contributed by atoms with van der Waals surface area (Å²) in [5.74, 6) is 0.256. The van der Waals surface area contributed by atoms with E-state index in [1.54, 1.807) is 4.31 Å². The SMILES string of the molecule is CCCS(=O)(=O)N1CCC(NCC(C)(C)CCC#N)CC1. The molecule has 5 nitrogen and oxygen atoms in total. The molecule has 0 aromatic carbocycles. The summed E-state index contributed by atoms with van der Waals surface area (Å²) in [5, 5.41) is 12.2. The van der Waals surface area contributed by atoms with Gasteiger partial charge in [-0.1, -0.05) is 20.8 Å². The van der Waals surface area contributed by atoms with Crippen molar-refractivity contribution in [2.75, 3.05) is 25.4 Å². The largest absolute Gasteiger partial charge is 0.313 e. The highest BCUT2D eigenvalue weighted by Gasteiger charge is 2.28. The molecule has 0 spiro atoms. The molecular formula is C15H29N3O2S. The second-order valence-electron chi connectivity index (χ2n) is 6.69. The Morgan fingerprint density at radius 2 is 1.95 bits per heavy atom. The van der Waals surface area contributed by atoms with Crippen molar-refractivity contribution in [1.29, 1.82) is 5.26 Å². The third kappa shape index (κ3) is 6.33. The van der Waals surface area contributed by atoms with Gasteiger partial charge in [-0.25, -0.2) is 12.7 Å². The maximum Gasteiger partial charge on any atom is 0.214 e. The molecule has 0 unspecified atom stereocenters. The molecule has 0 aromatic rings. The molecule has 1 aliphatic heterocycles. The van der Waals surface area contributed by atoms with Gasteiger partial charge in [-0.2, -0.15) is 5.26 Å². The Balaban J connectivity index is 2.36. The summed E-state index contributed by atoms with van der Waals surface area (Å²) in [6, 6.07) is 2.58. The predicted octanol–water partition coefficient (Wildman–Crippen LogP) is 2.11. The monoisotopic (exact) mass is 315 g/mol.